The van der Waals surface area contributed by atoms with E-state index in [9.17, 15) is 8.42 Å². The smallest absolute Gasteiger partial charge is 0.206 e. The van der Waals surface area contributed by atoms with E-state index in [1.807, 2.05) is 18.2 Å². The van der Waals surface area contributed by atoms with Gasteiger partial charge in [0.1, 0.15) is 4.21 Å². The third-order valence-electron chi connectivity index (χ3n) is 3.87. The minimum absolute atomic E-state index is 0.139. The molecule has 0 spiro atoms. The van der Waals surface area contributed by atoms with Crippen molar-refractivity contribution in [3.05, 3.63) is 64.5 Å². The molecule has 0 aliphatic heterocycles. The van der Waals surface area contributed by atoms with E-state index < -0.39 is 10.0 Å². The first kappa shape index (κ1) is 15.7. The van der Waals surface area contributed by atoms with E-state index in [0.717, 1.165) is 29.7 Å². The van der Waals surface area contributed by atoms with Crippen molar-refractivity contribution >= 4 is 33.0 Å². The monoisotopic (exact) mass is 353 g/mol. The maximum Gasteiger partial charge on any atom is 0.253 e. The lowest BCUT2D eigenvalue weighted by molar-refractivity contribution is 0.349. The number of rotatable bonds is 5. The Bertz CT molecular complexity index is 798. The second-order valence-electron chi connectivity index (χ2n) is 5.18. The van der Waals surface area contributed by atoms with Gasteiger partial charge in [-0.3, -0.25) is 0 Å². The largest absolute Gasteiger partial charge is 0.253 e. The minimum Gasteiger partial charge on any atom is -0.206 e. The zero-order valence-electron chi connectivity index (χ0n) is 11.9. The first-order valence-corrected chi connectivity index (χ1v) is 9.63. The fourth-order valence-electron chi connectivity index (χ4n) is 2.91. The van der Waals surface area contributed by atoms with Crippen LogP contribution in [-0.2, 0) is 16.4 Å². The first-order chi connectivity index (χ1) is 10.5. The van der Waals surface area contributed by atoms with Crippen LogP contribution in [0.5, 0.6) is 0 Å². The average Bonchev–Trinajstić information content (AvgIpc) is 3.11. The van der Waals surface area contributed by atoms with Crippen molar-refractivity contribution in [3.8, 4) is 0 Å². The molecule has 22 heavy (non-hydrogen) atoms. The van der Waals surface area contributed by atoms with Gasteiger partial charge in [-0.25, -0.2) is 8.42 Å². The Kier molecular flexibility index (Phi) is 4.41. The highest BCUT2D eigenvalue weighted by Crippen LogP contribution is 2.39. The van der Waals surface area contributed by atoms with Crippen molar-refractivity contribution in [3.63, 3.8) is 0 Å². The van der Waals surface area contributed by atoms with Crippen LogP contribution < -0.4 is 0 Å². The van der Waals surface area contributed by atoms with E-state index in [2.05, 4.69) is 12.6 Å². The quantitative estimate of drug-likeness (QED) is 0.753. The summed E-state index contributed by atoms with van der Waals surface area (Å²) in [6.45, 7) is 4.00. The van der Waals surface area contributed by atoms with E-state index in [0.29, 0.717) is 4.34 Å². The van der Waals surface area contributed by atoms with Crippen LogP contribution in [0.25, 0.3) is 0 Å². The maximum absolute atomic E-state index is 13.0. The SMILES string of the molecule is C=CCN([C@@H]1CCc2ccccc21)S(=O)(=O)c1ccc(Cl)s1. The number of hydrogen-bond donors (Lipinski definition) is 0. The van der Waals surface area contributed by atoms with E-state index in [4.69, 9.17) is 11.6 Å². The van der Waals surface area contributed by atoms with Crippen molar-refractivity contribution in [1.82, 2.24) is 4.31 Å². The summed E-state index contributed by atoms with van der Waals surface area (Å²) in [7, 11) is -3.57. The zero-order chi connectivity index (χ0) is 15.7. The lowest BCUT2D eigenvalue weighted by Gasteiger charge is -2.27. The molecule has 3 rings (SSSR count). The second-order valence-corrected chi connectivity index (χ2v) is 9.01. The molecule has 116 valence electrons. The standard InChI is InChI=1S/C16H16ClNO2S2/c1-2-11-18(22(19,20)16-10-9-15(17)21-16)14-8-7-12-5-3-4-6-13(12)14/h2-6,9-10,14H,1,7-8,11H2/t14-/m1/s1. The van der Waals surface area contributed by atoms with Crippen LogP contribution in [0.3, 0.4) is 0 Å². The molecule has 3 nitrogen and oxygen atoms in total. The van der Waals surface area contributed by atoms with Crippen LogP contribution in [0.4, 0.5) is 0 Å². The molecule has 0 bridgehead atoms. The summed E-state index contributed by atoms with van der Waals surface area (Å²) in [5.74, 6) is 0. The number of thiophene rings is 1. The van der Waals surface area contributed by atoms with E-state index in [1.54, 1.807) is 18.2 Å². The van der Waals surface area contributed by atoms with Gasteiger partial charge in [0.15, 0.2) is 0 Å². The molecule has 0 amide bonds. The van der Waals surface area contributed by atoms with Gasteiger partial charge in [-0.05, 0) is 36.1 Å². The van der Waals surface area contributed by atoms with E-state index >= 15 is 0 Å². The van der Waals surface area contributed by atoms with Crippen molar-refractivity contribution < 1.29 is 8.42 Å². The summed E-state index contributed by atoms with van der Waals surface area (Å²) in [6.07, 6.45) is 3.33. The molecule has 0 unspecified atom stereocenters. The van der Waals surface area contributed by atoms with Gasteiger partial charge in [0.2, 0.25) is 0 Å². The predicted molar refractivity (Wildman–Crippen MR) is 90.9 cm³/mol. The summed E-state index contributed by atoms with van der Waals surface area (Å²) >= 11 is 6.99. The number of sulfonamides is 1. The molecule has 2 aromatic rings. The highest BCUT2D eigenvalue weighted by atomic mass is 35.5. The van der Waals surface area contributed by atoms with Crippen molar-refractivity contribution in [2.75, 3.05) is 6.54 Å². The third-order valence-corrected chi connectivity index (χ3v) is 7.44. The number of nitrogens with zero attached hydrogens (tertiary/aromatic N) is 1. The van der Waals surface area contributed by atoms with Crippen LogP contribution in [0, 0.1) is 0 Å². The summed E-state index contributed by atoms with van der Waals surface area (Å²) in [4.78, 5) is 0. The predicted octanol–water partition coefficient (Wildman–Crippen LogP) is 4.27. The molecule has 6 heteroatoms. The lowest BCUT2D eigenvalue weighted by atomic mass is 10.1. The van der Waals surface area contributed by atoms with Crippen LogP contribution in [0.1, 0.15) is 23.6 Å². The Morgan fingerprint density at radius 2 is 2.09 bits per heavy atom. The Labute approximate surface area is 139 Å². The normalized spacial score (nSPS) is 17.6. The Hall–Kier alpha value is -1.14. The zero-order valence-corrected chi connectivity index (χ0v) is 14.3. The van der Waals surface area contributed by atoms with Gasteiger partial charge >= 0.3 is 0 Å². The highest BCUT2D eigenvalue weighted by molar-refractivity contribution is 7.91. The molecule has 0 fully saturated rings. The van der Waals surface area contributed by atoms with E-state index in [1.165, 1.54) is 9.87 Å². The first-order valence-electron chi connectivity index (χ1n) is 7.00. The number of fused-ring (bicyclic) bond motifs is 1. The van der Waals surface area contributed by atoms with Gasteiger partial charge in [-0.1, -0.05) is 41.9 Å². The topological polar surface area (TPSA) is 37.4 Å². The van der Waals surface area contributed by atoms with Gasteiger partial charge < -0.3 is 0 Å². The van der Waals surface area contributed by atoms with E-state index in [-0.39, 0.29) is 16.8 Å². The summed E-state index contributed by atoms with van der Waals surface area (Å²) < 4.78 is 28.2. The summed E-state index contributed by atoms with van der Waals surface area (Å²) in [5.41, 5.74) is 2.32. The van der Waals surface area contributed by atoms with Gasteiger partial charge in [0, 0.05) is 6.54 Å². The molecule has 0 saturated carbocycles. The molecular weight excluding hydrogens is 338 g/mol. The van der Waals surface area contributed by atoms with Crippen molar-refractivity contribution in [1.29, 1.82) is 0 Å². The Balaban J connectivity index is 2.03. The van der Waals surface area contributed by atoms with Crippen LogP contribution in [0.15, 0.2) is 53.3 Å². The lowest BCUT2D eigenvalue weighted by Crippen LogP contribution is -2.33. The summed E-state index contributed by atoms with van der Waals surface area (Å²) in [6, 6.07) is 11.1. The minimum atomic E-state index is -3.57. The molecule has 0 N–H and O–H groups in total. The molecule has 1 aromatic carbocycles. The van der Waals surface area contributed by atoms with Crippen molar-refractivity contribution in [2.45, 2.75) is 23.1 Å². The number of benzene rings is 1. The number of halogens is 1. The maximum atomic E-state index is 13.0. The van der Waals surface area contributed by atoms with Gasteiger partial charge in [0.25, 0.3) is 10.0 Å². The molecule has 1 atom stereocenters. The van der Waals surface area contributed by atoms with Gasteiger partial charge in [0.05, 0.1) is 10.4 Å². The third kappa shape index (κ3) is 2.74. The fraction of sp³-hybridized carbons (Fsp3) is 0.250. The van der Waals surface area contributed by atoms with Gasteiger partial charge in [-0.2, -0.15) is 4.31 Å². The molecule has 0 saturated heterocycles. The molecule has 1 aliphatic rings. The molecule has 1 aromatic heterocycles. The molecule has 1 aliphatic carbocycles. The summed E-state index contributed by atoms with van der Waals surface area (Å²) in [5, 5.41) is 0. The van der Waals surface area contributed by atoms with Gasteiger partial charge in [-0.15, -0.1) is 17.9 Å². The highest BCUT2D eigenvalue weighted by Gasteiger charge is 2.36. The fourth-order valence-corrected chi connectivity index (χ4v) is 6.12. The molecular formula is C16H16ClNO2S2. The van der Waals surface area contributed by atoms with Crippen LogP contribution >= 0.6 is 22.9 Å². The Morgan fingerprint density at radius 1 is 1.32 bits per heavy atom. The number of hydrogen-bond acceptors (Lipinski definition) is 3. The molecule has 1 heterocycles. The second kappa shape index (κ2) is 6.16. The molecule has 0 radical (unpaired) electrons. The average molecular weight is 354 g/mol. The van der Waals surface area contributed by atoms with Crippen molar-refractivity contribution in [2.24, 2.45) is 0 Å². The number of aryl methyl sites for hydroxylation is 1. The van der Waals surface area contributed by atoms with Crippen LogP contribution in [0.2, 0.25) is 4.34 Å². The Morgan fingerprint density at radius 3 is 2.77 bits per heavy atom. The van der Waals surface area contributed by atoms with Crippen LogP contribution in [-0.4, -0.2) is 19.3 Å².